The third-order valence-corrected chi connectivity index (χ3v) is 2.98. The number of thioether (sulfide) groups is 1. The maximum Gasteiger partial charge on any atom is 0.209 e. The normalized spacial score (nSPS) is 27.1. The van der Waals surface area contributed by atoms with Gasteiger partial charge in [0.1, 0.15) is 0 Å². The molecule has 0 bridgehead atoms. The molecule has 0 aromatic heterocycles. The Morgan fingerprint density at radius 3 is 2.80 bits per heavy atom. The second-order valence-corrected chi connectivity index (χ2v) is 5.11. The van der Waals surface area contributed by atoms with Crippen molar-refractivity contribution < 1.29 is 8.42 Å². The average Bonchev–Trinajstić information content (AvgIpc) is 2.12. The molecular formula is C4H10N2O2S2. The summed E-state index contributed by atoms with van der Waals surface area (Å²) in [5.41, 5.74) is 0. The van der Waals surface area contributed by atoms with Crippen molar-refractivity contribution in [2.24, 2.45) is 0 Å². The first-order valence-corrected chi connectivity index (χ1v) is 5.81. The van der Waals surface area contributed by atoms with E-state index in [0.29, 0.717) is 0 Å². The van der Waals surface area contributed by atoms with E-state index in [9.17, 15) is 8.42 Å². The molecule has 6 heteroatoms. The van der Waals surface area contributed by atoms with E-state index in [1.165, 1.54) is 6.26 Å². The third kappa shape index (κ3) is 2.87. The molecular weight excluding hydrogens is 172 g/mol. The minimum atomic E-state index is -3.02. The third-order valence-electron chi connectivity index (χ3n) is 1.06. The van der Waals surface area contributed by atoms with Gasteiger partial charge >= 0.3 is 0 Å². The van der Waals surface area contributed by atoms with Gasteiger partial charge in [-0.05, 0) is 0 Å². The zero-order valence-corrected chi connectivity index (χ0v) is 7.26. The minimum absolute atomic E-state index is 0.0231. The van der Waals surface area contributed by atoms with Crippen molar-refractivity contribution in [3.05, 3.63) is 0 Å². The molecule has 0 saturated carbocycles. The van der Waals surface area contributed by atoms with Crippen LogP contribution < -0.4 is 10.0 Å². The smallest absolute Gasteiger partial charge is 0.209 e. The summed E-state index contributed by atoms with van der Waals surface area (Å²) in [6.45, 7) is 0.720. The second kappa shape index (κ2) is 3.08. The topological polar surface area (TPSA) is 58.2 Å². The first kappa shape index (κ1) is 8.32. The standard InChI is InChI=1S/C4H10N2O2S2/c1-10(7,8)6-4-2-5-3-9-4/h4-6H,2-3H2,1H3/t4-/m1/s1. The predicted molar refractivity (Wildman–Crippen MR) is 42.2 cm³/mol. The van der Waals surface area contributed by atoms with Crippen molar-refractivity contribution in [1.29, 1.82) is 0 Å². The maximum absolute atomic E-state index is 10.6. The average molecular weight is 182 g/mol. The summed E-state index contributed by atoms with van der Waals surface area (Å²) in [5.74, 6) is 0.827. The van der Waals surface area contributed by atoms with Crippen molar-refractivity contribution in [2.75, 3.05) is 18.7 Å². The molecule has 0 aromatic carbocycles. The molecule has 1 aliphatic heterocycles. The summed E-state index contributed by atoms with van der Waals surface area (Å²) >= 11 is 1.57. The molecule has 0 spiro atoms. The van der Waals surface area contributed by atoms with Gasteiger partial charge in [0.15, 0.2) is 0 Å². The van der Waals surface area contributed by atoms with E-state index < -0.39 is 10.0 Å². The van der Waals surface area contributed by atoms with Crippen molar-refractivity contribution in [1.82, 2.24) is 10.0 Å². The lowest BCUT2D eigenvalue weighted by Crippen LogP contribution is -2.33. The van der Waals surface area contributed by atoms with E-state index in [2.05, 4.69) is 10.0 Å². The predicted octanol–water partition coefficient (Wildman–Crippen LogP) is -0.844. The van der Waals surface area contributed by atoms with Crippen molar-refractivity contribution >= 4 is 21.8 Å². The van der Waals surface area contributed by atoms with Gasteiger partial charge in [0.05, 0.1) is 11.6 Å². The number of nitrogens with one attached hydrogen (secondary N) is 2. The van der Waals surface area contributed by atoms with Gasteiger partial charge in [-0.15, -0.1) is 11.8 Å². The van der Waals surface area contributed by atoms with E-state index in [4.69, 9.17) is 0 Å². The molecule has 0 aliphatic carbocycles. The Labute approximate surface area is 64.8 Å². The fourth-order valence-corrected chi connectivity index (χ4v) is 2.75. The second-order valence-electron chi connectivity index (χ2n) is 2.14. The van der Waals surface area contributed by atoms with Crippen LogP contribution in [0, 0.1) is 0 Å². The highest BCUT2D eigenvalue weighted by Gasteiger charge is 2.17. The number of sulfonamides is 1. The molecule has 10 heavy (non-hydrogen) atoms. The quantitative estimate of drug-likeness (QED) is 0.584. The first-order chi connectivity index (χ1) is 4.58. The van der Waals surface area contributed by atoms with Crippen LogP contribution in [0.25, 0.3) is 0 Å². The lowest BCUT2D eigenvalue weighted by molar-refractivity contribution is 0.583. The van der Waals surface area contributed by atoms with E-state index in [0.717, 1.165) is 12.4 Å². The van der Waals surface area contributed by atoms with Gasteiger partial charge in [-0.3, -0.25) is 0 Å². The highest BCUT2D eigenvalue weighted by Crippen LogP contribution is 2.11. The van der Waals surface area contributed by atoms with Gasteiger partial charge in [0, 0.05) is 12.4 Å². The summed E-state index contributed by atoms with van der Waals surface area (Å²) in [4.78, 5) is 0. The van der Waals surface area contributed by atoms with Gasteiger partial charge < -0.3 is 5.32 Å². The number of hydrogen-bond acceptors (Lipinski definition) is 4. The van der Waals surface area contributed by atoms with Crippen LogP contribution in [0.5, 0.6) is 0 Å². The first-order valence-electron chi connectivity index (χ1n) is 2.87. The molecule has 1 aliphatic rings. The van der Waals surface area contributed by atoms with Crippen LogP contribution in [-0.2, 0) is 10.0 Å². The Morgan fingerprint density at radius 2 is 2.40 bits per heavy atom. The zero-order valence-electron chi connectivity index (χ0n) is 5.62. The molecule has 1 rings (SSSR count). The summed E-state index contributed by atoms with van der Waals surface area (Å²) < 4.78 is 23.8. The Kier molecular flexibility index (Phi) is 2.56. The molecule has 1 atom stereocenters. The molecule has 60 valence electrons. The van der Waals surface area contributed by atoms with Crippen LogP contribution in [-0.4, -0.2) is 32.5 Å². The van der Waals surface area contributed by atoms with Gasteiger partial charge in [-0.25, -0.2) is 13.1 Å². The molecule has 1 heterocycles. The molecule has 0 amide bonds. The van der Waals surface area contributed by atoms with Crippen molar-refractivity contribution in [2.45, 2.75) is 5.37 Å². The summed E-state index contributed by atoms with van der Waals surface area (Å²) in [5, 5.41) is 3.05. The van der Waals surface area contributed by atoms with Crippen molar-refractivity contribution in [3.63, 3.8) is 0 Å². The van der Waals surface area contributed by atoms with Crippen molar-refractivity contribution in [3.8, 4) is 0 Å². The van der Waals surface area contributed by atoms with Gasteiger partial charge in [0.2, 0.25) is 10.0 Å². The molecule has 0 unspecified atom stereocenters. The minimum Gasteiger partial charge on any atom is -0.305 e. The molecule has 4 nitrogen and oxygen atoms in total. The van der Waals surface area contributed by atoms with Crippen LogP contribution in [0.1, 0.15) is 0 Å². The van der Waals surface area contributed by atoms with Gasteiger partial charge in [-0.2, -0.15) is 0 Å². The van der Waals surface area contributed by atoms with E-state index in [1.54, 1.807) is 11.8 Å². The fourth-order valence-electron chi connectivity index (χ4n) is 0.723. The summed E-state index contributed by atoms with van der Waals surface area (Å²) in [7, 11) is -3.02. The molecule has 0 aromatic rings. The van der Waals surface area contributed by atoms with E-state index >= 15 is 0 Å². The Morgan fingerprint density at radius 1 is 1.70 bits per heavy atom. The van der Waals surface area contributed by atoms with Crippen LogP contribution in [0.3, 0.4) is 0 Å². The van der Waals surface area contributed by atoms with E-state index in [1.807, 2.05) is 0 Å². The summed E-state index contributed by atoms with van der Waals surface area (Å²) in [6.07, 6.45) is 1.17. The lowest BCUT2D eigenvalue weighted by Gasteiger charge is -2.06. The molecule has 0 radical (unpaired) electrons. The van der Waals surface area contributed by atoms with Gasteiger partial charge in [-0.1, -0.05) is 0 Å². The zero-order chi connectivity index (χ0) is 7.61. The van der Waals surface area contributed by atoms with Crippen LogP contribution in [0.2, 0.25) is 0 Å². The van der Waals surface area contributed by atoms with Crippen LogP contribution in [0.15, 0.2) is 0 Å². The highest BCUT2D eigenvalue weighted by molar-refractivity contribution is 8.01. The molecule has 1 saturated heterocycles. The number of hydrogen-bond donors (Lipinski definition) is 2. The molecule has 2 N–H and O–H groups in total. The van der Waals surface area contributed by atoms with Crippen LogP contribution in [0.4, 0.5) is 0 Å². The lowest BCUT2D eigenvalue weighted by atomic mass is 10.7. The van der Waals surface area contributed by atoms with Crippen LogP contribution >= 0.6 is 11.8 Å². The van der Waals surface area contributed by atoms with Gasteiger partial charge in [0.25, 0.3) is 0 Å². The fraction of sp³-hybridized carbons (Fsp3) is 1.00. The molecule has 1 fully saturated rings. The largest absolute Gasteiger partial charge is 0.305 e. The summed E-state index contributed by atoms with van der Waals surface area (Å²) in [6, 6.07) is 0. The maximum atomic E-state index is 10.6. The Bertz CT molecular complexity index is 195. The monoisotopic (exact) mass is 182 g/mol. The SMILES string of the molecule is CS(=O)(=O)N[C@H]1CNCS1. The Balaban J connectivity index is 2.38. The number of rotatable bonds is 2. The van der Waals surface area contributed by atoms with E-state index in [-0.39, 0.29) is 5.37 Å². The Hall–Kier alpha value is 0.220. The highest BCUT2D eigenvalue weighted by atomic mass is 32.2.